The first-order valence-electron chi connectivity index (χ1n) is 10.6. The van der Waals surface area contributed by atoms with E-state index in [2.05, 4.69) is 39.1 Å². The molecule has 0 aliphatic rings. The molecule has 0 amide bonds. The third kappa shape index (κ3) is 5.24. The molecule has 0 bridgehead atoms. The maximum Gasteiger partial charge on any atom is 0.416 e. The number of nitrogens with zero attached hydrogens (tertiary/aromatic N) is 5. The van der Waals surface area contributed by atoms with Crippen molar-refractivity contribution < 1.29 is 22.1 Å². The van der Waals surface area contributed by atoms with E-state index < -0.39 is 11.7 Å². The van der Waals surface area contributed by atoms with Crippen LogP contribution in [-0.4, -0.2) is 33.4 Å². The van der Waals surface area contributed by atoms with Gasteiger partial charge in [-0.05, 0) is 57.2 Å². The van der Waals surface area contributed by atoms with Crippen LogP contribution >= 0.6 is 11.8 Å². The Morgan fingerprint density at radius 2 is 1.74 bits per heavy atom. The molecule has 4 aromatic rings. The van der Waals surface area contributed by atoms with Crippen molar-refractivity contribution in [3.63, 3.8) is 0 Å². The summed E-state index contributed by atoms with van der Waals surface area (Å²) in [5, 5.41) is 12.0. The van der Waals surface area contributed by atoms with Crippen molar-refractivity contribution in [2.75, 3.05) is 18.0 Å². The summed E-state index contributed by atoms with van der Waals surface area (Å²) in [7, 11) is 0. The number of benzene rings is 2. The van der Waals surface area contributed by atoms with E-state index in [1.165, 1.54) is 23.9 Å². The van der Waals surface area contributed by atoms with Crippen LogP contribution in [-0.2, 0) is 6.18 Å². The standard InChI is InChI=1S/C23H22F3N5O2S/c1-4-31(5-2)18-11-9-15(10-12-18)21-28-29-22(32-21)34-14(3)20-27-19(30-33-20)16-7-6-8-17(13-16)23(24,25)26/h6-14H,4-5H2,1-3H3. The van der Waals surface area contributed by atoms with Crippen LogP contribution in [0.1, 0.15) is 37.5 Å². The summed E-state index contributed by atoms with van der Waals surface area (Å²) in [5.74, 6) is 0.699. The lowest BCUT2D eigenvalue weighted by atomic mass is 10.1. The van der Waals surface area contributed by atoms with Gasteiger partial charge in [0.25, 0.3) is 5.22 Å². The number of thioether (sulfide) groups is 1. The first kappa shape index (κ1) is 23.8. The van der Waals surface area contributed by atoms with Crippen molar-refractivity contribution in [3.8, 4) is 22.8 Å². The number of hydrogen-bond donors (Lipinski definition) is 0. The van der Waals surface area contributed by atoms with E-state index in [1.54, 1.807) is 6.92 Å². The third-order valence-electron chi connectivity index (χ3n) is 5.16. The quantitative estimate of drug-likeness (QED) is 0.259. The normalized spacial score (nSPS) is 12.6. The van der Waals surface area contributed by atoms with Crippen molar-refractivity contribution in [1.82, 2.24) is 20.3 Å². The Balaban J connectivity index is 1.45. The van der Waals surface area contributed by atoms with E-state index in [-0.39, 0.29) is 22.5 Å². The van der Waals surface area contributed by atoms with Gasteiger partial charge >= 0.3 is 6.18 Å². The Kier molecular flexibility index (Phi) is 6.92. The van der Waals surface area contributed by atoms with E-state index in [0.717, 1.165) is 36.5 Å². The summed E-state index contributed by atoms with van der Waals surface area (Å²) in [5.41, 5.74) is 1.36. The highest BCUT2D eigenvalue weighted by Gasteiger charge is 2.31. The largest absolute Gasteiger partial charge is 0.416 e. The molecule has 0 aliphatic carbocycles. The molecule has 0 spiro atoms. The van der Waals surface area contributed by atoms with E-state index in [4.69, 9.17) is 8.94 Å². The van der Waals surface area contributed by atoms with Crippen LogP contribution in [0.4, 0.5) is 18.9 Å². The molecule has 4 rings (SSSR count). The van der Waals surface area contributed by atoms with Crippen molar-refractivity contribution in [1.29, 1.82) is 0 Å². The Morgan fingerprint density at radius 3 is 2.41 bits per heavy atom. The van der Waals surface area contributed by atoms with Crippen LogP contribution in [0.5, 0.6) is 0 Å². The molecule has 11 heteroatoms. The highest BCUT2D eigenvalue weighted by atomic mass is 32.2. The highest BCUT2D eigenvalue weighted by Crippen LogP contribution is 2.36. The summed E-state index contributed by atoms with van der Waals surface area (Å²) < 4.78 is 50.0. The first-order chi connectivity index (χ1) is 16.3. The summed E-state index contributed by atoms with van der Waals surface area (Å²) in [6.07, 6.45) is -4.45. The van der Waals surface area contributed by atoms with Gasteiger partial charge in [-0.2, -0.15) is 18.2 Å². The molecule has 2 aromatic carbocycles. The van der Waals surface area contributed by atoms with Gasteiger partial charge in [0.1, 0.15) is 0 Å². The molecule has 0 fully saturated rings. The molecule has 2 aromatic heterocycles. The van der Waals surface area contributed by atoms with Gasteiger partial charge in [-0.3, -0.25) is 0 Å². The number of aromatic nitrogens is 4. The van der Waals surface area contributed by atoms with Gasteiger partial charge in [-0.25, -0.2) is 0 Å². The van der Waals surface area contributed by atoms with Gasteiger partial charge in [0, 0.05) is 29.9 Å². The maximum atomic E-state index is 13.0. The molecule has 0 aliphatic heterocycles. The Bertz CT molecular complexity index is 1240. The number of halogens is 3. The predicted molar refractivity (Wildman–Crippen MR) is 122 cm³/mol. The van der Waals surface area contributed by atoms with Gasteiger partial charge in [-0.1, -0.05) is 29.1 Å². The lowest BCUT2D eigenvalue weighted by molar-refractivity contribution is -0.137. The smallest absolute Gasteiger partial charge is 0.411 e. The second-order valence-electron chi connectivity index (χ2n) is 7.39. The molecule has 7 nitrogen and oxygen atoms in total. The minimum absolute atomic E-state index is 0.0769. The molecule has 1 atom stereocenters. The SMILES string of the molecule is CCN(CC)c1ccc(-c2nnc(SC(C)c3nc(-c4cccc(C(F)(F)F)c4)no3)o2)cc1. The Hall–Kier alpha value is -3.34. The zero-order chi connectivity index (χ0) is 24.3. The summed E-state index contributed by atoms with van der Waals surface area (Å²) in [4.78, 5) is 6.48. The molecule has 0 saturated heterocycles. The minimum atomic E-state index is -4.45. The maximum absolute atomic E-state index is 13.0. The second kappa shape index (κ2) is 9.88. The molecule has 0 saturated carbocycles. The first-order valence-corrected chi connectivity index (χ1v) is 11.5. The van der Waals surface area contributed by atoms with E-state index >= 15 is 0 Å². The van der Waals surface area contributed by atoms with E-state index in [1.807, 2.05) is 24.3 Å². The molecular weight excluding hydrogens is 467 g/mol. The van der Waals surface area contributed by atoms with Crippen molar-refractivity contribution in [3.05, 3.63) is 60.0 Å². The summed E-state index contributed by atoms with van der Waals surface area (Å²) in [6, 6.07) is 12.7. The van der Waals surface area contributed by atoms with E-state index in [9.17, 15) is 13.2 Å². The summed E-state index contributed by atoms with van der Waals surface area (Å²) in [6.45, 7) is 7.84. The fraction of sp³-hybridized carbons (Fsp3) is 0.304. The highest BCUT2D eigenvalue weighted by molar-refractivity contribution is 7.99. The predicted octanol–water partition coefficient (Wildman–Crippen LogP) is 6.50. The van der Waals surface area contributed by atoms with Crippen LogP contribution in [0.2, 0.25) is 0 Å². The third-order valence-corrected chi connectivity index (χ3v) is 6.09. The second-order valence-corrected chi connectivity index (χ2v) is 8.68. The average molecular weight is 490 g/mol. The van der Waals surface area contributed by atoms with Crippen molar-refractivity contribution in [2.24, 2.45) is 0 Å². The number of anilines is 1. The molecule has 2 heterocycles. The fourth-order valence-electron chi connectivity index (χ4n) is 3.33. The van der Waals surface area contributed by atoms with Gasteiger partial charge in [-0.15, -0.1) is 10.2 Å². The molecule has 1 unspecified atom stereocenters. The van der Waals surface area contributed by atoms with Crippen LogP contribution in [0, 0.1) is 0 Å². The molecule has 34 heavy (non-hydrogen) atoms. The molecule has 0 N–H and O–H groups in total. The van der Waals surface area contributed by atoms with Gasteiger partial charge < -0.3 is 13.8 Å². The lowest BCUT2D eigenvalue weighted by Gasteiger charge is -2.20. The van der Waals surface area contributed by atoms with E-state index in [0.29, 0.717) is 11.1 Å². The summed E-state index contributed by atoms with van der Waals surface area (Å²) >= 11 is 1.22. The van der Waals surface area contributed by atoms with Crippen LogP contribution in [0.15, 0.2) is 62.7 Å². The van der Waals surface area contributed by atoms with Crippen LogP contribution in [0.3, 0.4) is 0 Å². The van der Waals surface area contributed by atoms with Gasteiger partial charge in [0.15, 0.2) is 0 Å². The Morgan fingerprint density at radius 1 is 1.00 bits per heavy atom. The lowest BCUT2D eigenvalue weighted by Crippen LogP contribution is -2.21. The molecular formula is C23H22F3N5O2S. The average Bonchev–Trinajstić information content (AvgIpc) is 3.50. The number of hydrogen-bond acceptors (Lipinski definition) is 8. The number of alkyl halides is 3. The monoisotopic (exact) mass is 489 g/mol. The van der Waals surface area contributed by atoms with Gasteiger partial charge in [0.2, 0.25) is 17.6 Å². The molecule has 178 valence electrons. The zero-order valence-electron chi connectivity index (χ0n) is 18.7. The van der Waals surface area contributed by atoms with Crippen molar-refractivity contribution in [2.45, 2.75) is 37.4 Å². The zero-order valence-corrected chi connectivity index (χ0v) is 19.5. The van der Waals surface area contributed by atoms with Gasteiger partial charge in [0.05, 0.1) is 10.8 Å². The fourth-order valence-corrected chi connectivity index (χ4v) is 4.05. The Labute approximate surface area is 198 Å². The van der Waals surface area contributed by atoms with Crippen molar-refractivity contribution >= 4 is 17.4 Å². The number of rotatable bonds is 8. The van der Waals surface area contributed by atoms with Crippen LogP contribution < -0.4 is 4.90 Å². The molecule has 0 radical (unpaired) electrons. The topological polar surface area (TPSA) is 81.1 Å². The minimum Gasteiger partial charge on any atom is -0.411 e. The van der Waals surface area contributed by atoms with Crippen LogP contribution in [0.25, 0.3) is 22.8 Å².